The van der Waals surface area contributed by atoms with Crippen molar-refractivity contribution in [3.63, 3.8) is 0 Å². The molecule has 1 N–H and O–H groups in total. The van der Waals surface area contributed by atoms with E-state index in [0.29, 0.717) is 11.1 Å². The maximum atomic E-state index is 12.1. The monoisotopic (exact) mass is 316 g/mol. The predicted octanol–water partition coefficient (Wildman–Crippen LogP) is 4.36. The number of carbonyl (C=O) groups excluding carboxylic acids is 1. The van der Waals surface area contributed by atoms with E-state index in [4.69, 9.17) is 0 Å². The lowest BCUT2D eigenvalue weighted by Crippen LogP contribution is -1.96. The Kier molecular flexibility index (Phi) is 4.17. The Bertz CT molecular complexity index is 645. The zero-order valence-electron chi connectivity index (χ0n) is 10.4. The van der Waals surface area contributed by atoms with Crippen molar-refractivity contribution in [3.05, 3.63) is 69.7 Å². The van der Waals surface area contributed by atoms with E-state index in [9.17, 15) is 9.90 Å². The van der Waals surface area contributed by atoms with E-state index >= 15 is 0 Å². The van der Waals surface area contributed by atoms with Crippen LogP contribution in [0.4, 0.5) is 0 Å². The molecule has 0 aliphatic carbocycles. The Balaban J connectivity index is 2.26. The summed E-state index contributed by atoms with van der Waals surface area (Å²) in [5, 5.41) is 9.69. The highest BCUT2D eigenvalue weighted by Crippen LogP contribution is 2.23. The summed E-state index contributed by atoms with van der Waals surface area (Å²) in [7, 11) is 0. The van der Waals surface area contributed by atoms with Gasteiger partial charge in [0.15, 0.2) is 5.78 Å². The van der Waals surface area contributed by atoms with E-state index in [-0.39, 0.29) is 11.5 Å². The second kappa shape index (κ2) is 5.85. The molecular weight excluding hydrogens is 304 g/mol. The third-order valence-corrected chi connectivity index (χ3v) is 3.31. The number of halogens is 1. The molecule has 19 heavy (non-hydrogen) atoms. The minimum Gasteiger partial charge on any atom is -0.507 e. The van der Waals surface area contributed by atoms with Gasteiger partial charge in [-0.15, -0.1) is 0 Å². The summed E-state index contributed by atoms with van der Waals surface area (Å²) >= 11 is 3.33. The second-order valence-corrected chi connectivity index (χ2v) is 5.13. The molecule has 0 aliphatic heterocycles. The zero-order chi connectivity index (χ0) is 13.8. The molecule has 2 aromatic carbocycles. The summed E-state index contributed by atoms with van der Waals surface area (Å²) < 4.78 is 0.855. The van der Waals surface area contributed by atoms with Crippen LogP contribution in [0.25, 0.3) is 6.08 Å². The van der Waals surface area contributed by atoms with Crippen molar-refractivity contribution in [3.8, 4) is 5.75 Å². The summed E-state index contributed by atoms with van der Waals surface area (Å²) in [6, 6.07) is 12.5. The second-order valence-electron chi connectivity index (χ2n) is 4.22. The third-order valence-electron chi connectivity index (χ3n) is 2.81. The van der Waals surface area contributed by atoms with Crippen LogP contribution in [0.2, 0.25) is 0 Å². The van der Waals surface area contributed by atoms with Crippen molar-refractivity contribution >= 4 is 27.8 Å². The number of phenols is 1. The largest absolute Gasteiger partial charge is 0.507 e. The number of aromatic hydroxyl groups is 1. The van der Waals surface area contributed by atoms with Crippen molar-refractivity contribution in [2.75, 3.05) is 0 Å². The van der Waals surface area contributed by atoms with Gasteiger partial charge in [0.25, 0.3) is 0 Å². The average Bonchev–Trinajstić information content (AvgIpc) is 2.40. The molecule has 0 amide bonds. The van der Waals surface area contributed by atoms with Crippen LogP contribution in [0.1, 0.15) is 21.5 Å². The number of benzene rings is 2. The number of allylic oxidation sites excluding steroid dienone is 1. The first-order valence-corrected chi connectivity index (χ1v) is 6.64. The first-order valence-electron chi connectivity index (χ1n) is 5.84. The summed E-state index contributed by atoms with van der Waals surface area (Å²) in [4.78, 5) is 12.1. The quantitative estimate of drug-likeness (QED) is 0.674. The lowest BCUT2D eigenvalue weighted by Gasteiger charge is -2.01. The van der Waals surface area contributed by atoms with Crippen LogP contribution >= 0.6 is 15.9 Å². The van der Waals surface area contributed by atoms with Gasteiger partial charge in [-0.05, 0) is 42.8 Å². The van der Waals surface area contributed by atoms with Crippen LogP contribution in [-0.2, 0) is 0 Å². The van der Waals surface area contributed by atoms with E-state index in [0.717, 1.165) is 10.0 Å². The Hall–Kier alpha value is -1.87. The first-order chi connectivity index (χ1) is 9.08. The number of phenolic OH excluding ortho intramolecular Hbond substituents is 1. The minimum atomic E-state index is -0.0718. The smallest absolute Gasteiger partial charge is 0.186 e. The molecule has 0 radical (unpaired) electrons. The van der Waals surface area contributed by atoms with Gasteiger partial charge in [0.05, 0.1) is 0 Å². The lowest BCUT2D eigenvalue weighted by molar-refractivity contribution is 0.104. The van der Waals surface area contributed by atoms with Gasteiger partial charge in [0.2, 0.25) is 0 Å². The SMILES string of the molecule is Cc1ccccc1C(=O)C=Cc1cc(Br)ccc1O. The van der Waals surface area contributed by atoms with Gasteiger partial charge in [0.1, 0.15) is 5.75 Å². The molecule has 0 saturated carbocycles. The molecule has 0 aliphatic rings. The molecule has 0 bridgehead atoms. The molecular formula is C16H13BrO2. The summed E-state index contributed by atoms with van der Waals surface area (Å²) in [6.45, 7) is 1.90. The molecule has 0 spiro atoms. The van der Waals surface area contributed by atoms with E-state index < -0.39 is 0 Å². The fourth-order valence-electron chi connectivity index (χ4n) is 1.76. The van der Waals surface area contributed by atoms with Crippen molar-refractivity contribution in [2.45, 2.75) is 6.92 Å². The van der Waals surface area contributed by atoms with Gasteiger partial charge in [-0.2, -0.15) is 0 Å². The van der Waals surface area contributed by atoms with Gasteiger partial charge in [0, 0.05) is 15.6 Å². The number of hydrogen-bond donors (Lipinski definition) is 1. The fraction of sp³-hybridized carbons (Fsp3) is 0.0625. The fourth-order valence-corrected chi connectivity index (χ4v) is 2.14. The van der Waals surface area contributed by atoms with Crippen molar-refractivity contribution in [1.29, 1.82) is 0 Å². The molecule has 3 heteroatoms. The minimum absolute atomic E-state index is 0.0718. The Morgan fingerprint density at radius 3 is 2.68 bits per heavy atom. The zero-order valence-corrected chi connectivity index (χ0v) is 12.0. The maximum Gasteiger partial charge on any atom is 0.186 e. The van der Waals surface area contributed by atoms with Crippen molar-refractivity contribution in [1.82, 2.24) is 0 Å². The van der Waals surface area contributed by atoms with Crippen LogP contribution in [0.5, 0.6) is 5.75 Å². The van der Waals surface area contributed by atoms with E-state index in [2.05, 4.69) is 15.9 Å². The summed E-state index contributed by atoms with van der Waals surface area (Å²) in [6.07, 6.45) is 3.10. The molecule has 2 aromatic rings. The number of carbonyl (C=O) groups is 1. The molecule has 0 aromatic heterocycles. The summed E-state index contributed by atoms with van der Waals surface area (Å²) in [5.74, 6) is 0.0782. The highest BCUT2D eigenvalue weighted by atomic mass is 79.9. The molecule has 0 heterocycles. The molecule has 96 valence electrons. The molecule has 2 rings (SSSR count). The maximum absolute atomic E-state index is 12.1. The molecule has 0 atom stereocenters. The average molecular weight is 317 g/mol. The number of aryl methyl sites for hydroxylation is 1. The van der Waals surface area contributed by atoms with Gasteiger partial charge < -0.3 is 5.11 Å². The van der Waals surface area contributed by atoms with Crippen LogP contribution in [-0.4, -0.2) is 10.9 Å². The van der Waals surface area contributed by atoms with Gasteiger partial charge >= 0.3 is 0 Å². The first kappa shape index (κ1) is 13.6. The van der Waals surface area contributed by atoms with Crippen LogP contribution in [0, 0.1) is 6.92 Å². The van der Waals surface area contributed by atoms with Crippen LogP contribution < -0.4 is 0 Å². The predicted molar refractivity (Wildman–Crippen MR) is 80.4 cm³/mol. The Labute approximate surface area is 120 Å². The van der Waals surface area contributed by atoms with Crippen LogP contribution in [0.15, 0.2) is 53.0 Å². The Morgan fingerprint density at radius 2 is 1.95 bits per heavy atom. The number of ketones is 1. The normalized spacial score (nSPS) is 10.8. The summed E-state index contributed by atoms with van der Waals surface area (Å²) in [5.41, 5.74) is 2.22. The standard InChI is InChI=1S/C16H13BrO2/c1-11-4-2-3-5-14(11)16(19)8-6-12-10-13(17)7-9-15(12)18/h2-10,18H,1H3. The molecule has 0 fully saturated rings. The highest BCUT2D eigenvalue weighted by Gasteiger charge is 2.05. The van der Waals surface area contributed by atoms with E-state index in [1.165, 1.54) is 6.08 Å². The van der Waals surface area contributed by atoms with E-state index in [1.54, 1.807) is 30.3 Å². The van der Waals surface area contributed by atoms with Crippen molar-refractivity contribution in [2.24, 2.45) is 0 Å². The Morgan fingerprint density at radius 1 is 1.21 bits per heavy atom. The number of rotatable bonds is 3. The van der Waals surface area contributed by atoms with Crippen molar-refractivity contribution < 1.29 is 9.90 Å². The molecule has 0 saturated heterocycles. The number of hydrogen-bond acceptors (Lipinski definition) is 2. The van der Waals surface area contributed by atoms with Gasteiger partial charge in [-0.1, -0.05) is 40.2 Å². The van der Waals surface area contributed by atoms with E-state index in [1.807, 2.05) is 25.1 Å². The van der Waals surface area contributed by atoms with Gasteiger partial charge in [-0.25, -0.2) is 0 Å². The molecule has 2 nitrogen and oxygen atoms in total. The topological polar surface area (TPSA) is 37.3 Å². The third kappa shape index (κ3) is 3.32. The molecule has 0 unspecified atom stereocenters. The van der Waals surface area contributed by atoms with Crippen LogP contribution in [0.3, 0.4) is 0 Å². The highest BCUT2D eigenvalue weighted by molar-refractivity contribution is 9.10. The van der Waals surface area contributed by atoms with Gasteiger partial charge in [-0.3, -0.25) is 4.79 Å². The lowest BCUT2D eigenvalue weighted by atomic mass is 10.0.